The van der Waals surface area contributed by atoms with Gasteiger partial charge < -0.3 is 19.4 Å². The van der Waals surface area contributed by atoms with Crippen molar-refractivity contribution in [2.75, 3.05) is 33.0 Å². The molecule has 1 aromatic heterocycles. The summed E-state index contributed by atoms with van der Waals surface area (Å²) in [5, 5.41) is 0. The zero-order valence-corrected chi connectivity index (χ0v) is 15.4. The molecule has 0 unspecified atom stereocenters. The second kappa shape index (κ2) is 7.44. The Morgan fingerprint density at radius 3 is 2.63 bits per heavy atom. The van der Waals surface area contributed by atoms with Gasteiger partial charge in [-0.25, -0.2) is 0 Å². The summed E-state index contributed by atoms with van der Waals surface area (Å²) in [5.74, 6) is 1.51. The van der Waals surface area contributed by atoms with Gasteiger partial charge in [0, 0.05) is 50.0 Å². The third-order valence-electron chi connectivity index (χ3n) is 5.03. The number of nitrogens with one attached hydrogen (secondary N) is 1. The van der Waals surface area contributed by atoms with E-state index in [1.165, 1.54) is 11.6 Å². The van der Waals surface area contributed by atoms with E-state index < -0.39 is 0 Å². The van der Waals surface area contributed by atoms with Crippen molar-refractivity contribution in [2.24, 2.45) is 0 Å². The summed E-state index contributed by atoms with van der Waals surface area (Å²) in [5.41, 5.74) is 2.20. The fraction of sp³-hybridized carbons (Fsp3) is 0.400. The van der Waals surface area contributed by atoms with Crippen molar-refractivity contribution in [3.63, 3.8) is 0 Å². The normalized spacial score (nSPS) is 16.6. The summed E-state index contributed by atoms with van der Waals surface area (Å²) in [6, 6.07) is 9.18. The van der Waals surface area contributed by atoms with E-state index >= 15 is 0 Å². The number of carbonyl (C=O) groups is 1. The molecule has 0 saturated carbocycles. The first-order chi connectivity index (χ1) is 13.1. The van der Waals surface area contributed by atoms with Gasteiger partial charge in [0.05, 0.1) is 0 Å². The van der Waals surface area contributed by atoms with Gasteiger partial charge >= 0.3 is 0 Å². The van der Waals surface area contributed by atoms with Gasteiger partial charge in [-0.3, -0.25) is 14.5 Å². The minimum absolute atomic E-state index is 0.0708. The van der Waals surface area contributed by atoms with Gasteiger partial charge in [0.1, 0.15) is 0 Å². The molecule has 1 aromatic carbocycles. The molecule has 7 nitrogen and oxygen atoms in total. The fourth-order valence-electron chi connectivity index (χ4n) is 3.50. The average molecular weight is 369 g/mol. The van der Waals surface area contributed by atoms with Gasteiger partial charge in [-0.1, -0.05) is 13.0 Å². The Labute approximate surface area is 157 Å². The number of aromatic amines is 1. The van der Waals surface area contributed by atoms with Crippen LogP contribution in [0.2, 0.25) is 0 Å². The van der Waals surface area contributed by atoms with E-state index in [-0.39, 0.29) is 18.3 Å². The van der Waals surface area contributed by atoms with Crippen LogP contribution in [-0.2, 0) is 13.0 Å². The third-order valence-corrected chi connectivity index (χ3v) is 5.03. The molecule has 2 aliphatic heterocycles. The highest BCUT2D eigenvalue weighted by atomic mass is 16.7. The van der Waals surface area contributed by atoms with Crippen molar-refractivity contribution in [2.45, 2.75) is 19.9 Å². The van der Waals surface area contributed by atoms with Gasteiger partial charge in [0.15, 0.2) is 11.5 Å². The number of pyridine rings is 1. The average Bonchev–Trinajstić information content (AvgIpc) is 3.15. The lowest BCUT2D eigenvalue weighted by Gasteiger charge is -2.34. The monoisotopic (exact) mass is 369 g/mol. The van der Waals surface area contributed by atoms with E-state index in [0.717, 1.165) is 36.8 Å². The molecule has 0 atom stereocenters. The van der Waals surface area contributed by atoms with E-state index in [9.17, 15) is 9.59 Å². The Hall–Kier alpha value is -2.80. The molecule has 0 radical (unpaired) electrons. The van der Waals surface area contributed by atoms with E-state index in [1.54, 1.807) is 6.07 Å². The molecule has 1 amide bonds. The summed E-state index contributed by atoms with van der Waals surface area (Å²) in [6.45, 7) is 5.93. The first kappa shape index (κ1) is 17.6. The lowest BCUT2D eigenvalue weighted by Crippen LogP contribution is -2.48. The minimum Gasteiger partial charge on any atom is -0.454 e. The highest BCUT2D eigenvalue weighted by Gasteiger charge is 2.23. The van der Waals surface area contributed by atoms with Gasteiger partial charge in [-0.15, -0.1) is 0 Å². The van der Waals surface area contributed by atoms with Crippen LogP contribution < -0.4 is 15.0 Å². The molecule has 2 aliphatic rings. The molecule has 2 aromatic rings. The molecule has 142 valence electrons. The second-order valence-electron chi connectivity index (χ2n) is 6.87. The van der Waals surface area contributed by atoms with E-state index in [0.29, 0.717) is 25.1 Å². The number of H-pyrrole nitrogens is 1. The van der Waals surface area contributed by atoms with Crippen LogP contribution in [0.4, 0.5) is 0 Å². The van der Waals surface area contributed by atoms with Crippen LogP contribution in [0.3, 0.4) is 0 Å². The number of fused-ring (bicyclic) bond motifs is 1. The fourth-order valence-corrected chi connectivity index (χ4v) is 3.50. The van der Waals surface area contributed by atoms with Gasteiger partial charge in [0.2, 0.25) is 12.4 Å². The predicted molar refractivity (Wildman–Crippen MR) is 100 cm³/mol. The number of hydrogen-bond acceptors (Lipinski definition) is 5. The molecule has 1 saturated heterocycles. The Bertz CT molecular complexity index is 900. The Kier molecular flexibility index (Phi) is 4.85. The van der Waals surface area contributed by atoms with Crippen molar-refractivity contribution in [3.05, 3.63) is 57.5 Å². The van der Waals surface area contributed by atoms with Gasteiger partial charge in [-0.05, 0) is 30.2 Å². The number of aromatic nitrogens is 1. The van der Waals surface area contributed by atoms with Crippen LogP contribution >= 0.6 is 0 Å². The minimum atomic E-state index is -0.223. The first-order valence-electron chi connectivity index (χ1n) is 9.26. The third kappa shape index (κ3) is 3.83. The number of nitrogens with zero attached hydrogens (tertiary/aromatic N) is 2. The molecule has 0 aliphatic carbocycles. The Morgan fingerprint density at radius 2 is 1.85 bits per heavy atom. The highest BCUT2D eigenvalue weighted by molar-refractivity contribution is 5.94. The summed E-state index contributed by atoms with van der Waals surface area (Å²) < 4.78 is 10.8. The number of amides is 1. The summed E-state index contributed by atoms with van der Waals surface area (Å²) >= 11 is 0. The smallest absolute Gasteiger partial charge is 0.254 e. The number of benzene rings is 1. The largest absolute Gasteiger partial charge is 0.454 e. The first-order valence-corrected chi connectivity index (χ1v) is 9.26. The molecule has 1 fully saturated rings. The summed E-state index contributed by atoms with van der Waals surface area (Å²) in [4.78, 5) is 31.4. The maximum absolute atomic E-state index is 12.7. The lowest BCUT2D eigenvalue weighted by molar-refractivity contribution is 0.0628. The molecule has 0 spiro atoms. The maximum atomic E-state index is 12.7. The van der Waals surface area contributed by atoms with Crippen LogP contribution in [0.5, 0.6) is 11.5 Å². The number of hydrogen-bond donors (Lipinski definition) is 1. The molecule has 7 heteroatoms. The Balaban J connectivity index is 1.36. The summed E-state index contributed by atoms with van der Waals surface area (Å²) in [6.07, 6.45) is 0.694. The second-order valence-corrected chi connectivity index (χ2v) is 6.87. The van der Waals surface area contributed by atoms with Crippen molar-refractivity contribution in [3.8, 4) is 11.5 Å². The predicted octanol–water partition coefficient (Wildman–Crippen LogP) is 1.62. The Morgan fingerprint density at radius 1 is 1.07 bits per heavy atom. The number of ether oxygens (including phenoxy) is 2. The highest BCUT2D eigenvalue weighted by Crippen LogP contribution is 2.32. The molecule has 27 heavy (non-hydrogen) atoms. The van der Waals surface area contributed by atoms with Crippen LogP contribution in [0.1, 0.15) is 28.5 Å². The quantitative estimate of drug-likeness (QED) is 0.887. The van der Waals surface area contributed by atoms with Crippen LogP contribution in [0.15, 0.2) is 35.1 Å². The number of carbonyl (C=O) groups excluding carboxylic acids is 1. The van der Waals surface area contributed by atoms with Gasteiger partial charge in [-0.2, -0.15) is 0 Å². The molecular formula is C20H23N3O4. The zero-order chi connectivity index (χ0) is 18.8. The molecule has 1 N–H and O–H groups in total. The van der Waals surface area contributed by atoms with Crippen molar-refractivity contribution in [1.29, 1.82) is 0 Å². The maximum Gasteiger partial charge on any atom is 0.254 e. The number of rotatable bonds is 4. The van der Waals surface area contributed by atoms with Crippen molar-refractivity contribution < 1.29 is 14.3 Å². The molecular weight excluding hydrogens is 346 g/mol. The van der Waals surface area contributed by atoms with Crippen LogP contribution in [0, 0.1) is 0 Å². The van der Waals surface area contributed by atoms with Crippen molar-refractivity contribution in [1.82, 2.24) is 14.8 Å². The van der Waals surface area contributed by atoms with E-state index in [4.69, 9.17) is 9.47 Å². The van der Waals surface area contributed by atoms with Gasteiger partial charge in [0.25, 0.3) is 5.91 Å². The van der Waals surface area contributed by atoms with E-state index in [1.807, 2.05) is 30.0 Å². The zero-order valence-electron chi connectivity index (χ0n) is 15.4. The summed E-state index contributed by atoms with van der Waals surface area (Å²) in [7, 11) is 0. The molecule has 4 rings (SSSR count). The number of piperazine rings is 1. The van der Waals surface area contributed by atoms with Crippen LogP contribution in [-0.4, -0.2) is 53.7 Å². The van der Waals surface area contributed by atoms with E-state index in [2.05, 4.69) is 9.88 Å². The molecule has 0 bridgehead atoms. The standard InChI is InChI=1S/C20H23N3O4/c1-2-16-10-15(11-19(24)21-16)20(25)23-7-5-22(6-8-23)12-14-3-4-17-18(9-14)27-13-26-17/h3-4,9-11H,2,5-8,12-13H2,1H3,(H,21,24). The van der Waals surface area contributed by atoms with Crippen LogP contribution in [0.25, 0.3) is 0 Å². The van der Waals surface area contributed by atoms with Crippen molar-refractivity contribution >= 4 is 5.91 Å². The molecule has 3 heterocycles. The lowest BCUT2D eigenvalue weighted by atomic mass is 10.1. The SMILES string of the molecule is CCc1cc(C(=O)N2CCN(Cc3ccc4c(c3)OCO4)CC2)cc(=O)[nH]1. The number of aryl methyl sites for hydroxylation is 1. The topological polar surface area (TPSA) is 74.9 Å².